The molecule has 1 N–H and O–H groups in total. The van der Waals surface area contributed by atoms with Crippen LogP contribution in [-0.4, -0.2) is 38.0 Å². The highest BCUT2D eigenvalue weighted by Gasteiger charge is 2.20. The molecule has 8 heteroatoms. The molecule has 184 valence electrons. The van der Waals surface area contributed by atoms with Gasteiger partial charge in [-0.15, -0.1) is 0 Å². The number of carbonyl (C=O) groups excluding carboxylic acids is 2. The molecule has 35 heavy (non-hydrogen) atoms. The summed E-state index contributed by atoms with van der Waals surface area (Å²) in [6.45, 7) is 2.39. The van der Waals surface area contributed by atoms with Gasteiger partial charge in [-0.2, -0.15) is 0 Å². The number of nitrogens with zero attached hydrogens (tertiary/aromatic N) is 1. The Bertz CT molecular complexity index is 1240. The second-order valence-corrected chi connectivity index (χ2v) is 10.2. The van der Waals surface area contributed by atoms with Crippen molar-refractivity contribution in [1.82, 2.24) is 9.62 Å². The molecular formula is C27H30N2O5S. The fourth-order valence-electron chi connectivity index (χ4n) is 3.45. The molecule has 0 unspecified atom stereocenters. The Morgan fingerprint density at radius 3 is 2.17 bits per heavy atom. The van der Waals surface area contributed by atoms with Gasteiger partial charge in [-0.3, -0.25) is 9.59 Å². The maximum atomic E-state index is 12.7. The molecule has 0 aromatic heterocycles. The highest BCUT2D eigenvalue weighted by atomic mass is 32.2. The molecule has 0 aliphatic rings. The SMILES string of the molecule is CC(=O)c1ccc(S(=O)(=O)N(C)CCCC(=O)NCc2ccccc2COc2ccccc2)cc1. The van der Waals surface area contributed by atoms with Gasteiger partial charge in [-0.25, -0.2) is 12.7 Å². The number of Topliss-reactive ketones (excluding diaryl/α,β-unsaturated/α-hetero) is 1. The van der Waals surface area contributed by atoms with Crippen LogP contribution in [-0.2, 0) is 28.0 Å². The van der Waals surface area contributed by atoms with E-state index in [0.717, 1.165) is 16.9 Å². The zero-order valence-corrected chi connectivity index (χ0v) is 20.8. The maximum absolute atomic E-state index is 12.7. The Balaban J connectivity index is 1.46. The number of rotatable bonds is 12. The van der Waals surface area contributed by atoms with Gasteiger partial charge in [0.25, 0.3) is 0 Å². The molecule has 0 spiro atoms. The van der Waals surface area contributed by atoms with E-state index in [0.29, 0.717) is 25.1 Å². The molecule has 0 radical (unpaired) electrons. The van der Waals surface area contributed by atoms with Gasteiger partial charge < -0.3 is 10.1 Å². The smallest absolute Gasteiger partial charge is 0.242 e. The minimum atomic E-state index is -3.69. The van der Waals surface area contributed by atoms with Crippen LogP contribution >= 0.6 is 0 Å². The molecule has 7 nitrogen and oxygen atoms in total. The second kappa shape index (κ2) is 12.3. The summed E-state index contributed by atoms with van der Waals surface area (Å²) in [5.74, 6) is 0.500. The summed E-state index contributed by atoms with van der Waals surface area (Å²) in [5.41, 5.74) is 2.40. The highest BCUT2D eigenvalue weighted by molar-refractivity contribution is 7.89. The molecule has 0 saturated heterocycles. The summed E-state index contributed by atoms with van der Waals surface area (Å²) in [5, 5.41) is 2.90. The zero-order chi connectivity index (χ0) is 25.3. The molecule has 0 atom stereocenters. The van der Waals surface area contributed by atoms with Gasteiger partial charge in [0, 0.05) is 32.1 Å². The van der Waals surface area contributed by atoms with Gasteiger partial charge in [0.2, 0.25) is 15.9 Å². The molecule has 3 rings (SSSR count). The zero-order valence-electron chi connectivity index (χ0n) is 19.9. The van der Waals surface area contributed by atoms with Crippen molar-refractivity contribution in [3.05, 3.63) is 95.6 Å². The summed E-state index contributed by atoms with van der Waals surface area (Å²) in [7, 11) is -2.21. The Hall–Kier alpha value is -3.49. The number of amides is 1. The predicted octanol–water partition coefficient (Wildman–Crippen LogP) is 4.19. The molecule has 3 aromatic rings. The lowest BCUT2D eigenvalue weighted by Crippen LogP contribution is -2.29. The van der Waals surface area contributed by atoms with Crippen molar-refractivity contribution >= 4 is 21.7 Å². The van der Waals surface area contributed by atoms with Crippen molar-refractivity contribution < 1.29 is 22.7 Å². The van der Waals surface area contributed by atoms with Crippen molar-refractivity contribution in [3.8, 4) is 5.75 Å². The first-order valence-corrected chi connectivity index (χ1v) is 12.8. The van der Waals surface area contributed by atoms with Crippen LogP contribution in [0.5, 0.6) is 5.75 Å². The number of para-hydroxylation sites is 1. The van der Waals surface area contributed by atoms with Crippen LogP contribution in [0.1, 0.15) is 41.3 Å². The van der Waals surface area contributed by atoms with Crippen LogP contribution in [0, 0.1) is 0 Å². The van der Waals surface area contributed by atoms with E-state index in [1.165, 1.54) is 42.5 Å². The number of ketones is 1. The van der Waals surface area contributed by atoms with Crippen molar-refractivity contribution in [2.45, 2.75) is 37.8 Å². The van der Waals surface area contributed by atoms with Gasteiger partial charge in [0.05, 0.1) is 4.90 Å². The summed E-state index contributed by atoms with van der Waals surface area (Å²) >= 11 is 0. The number of sulfonamides is 1. The summed E-state index contributed by atoms with van der Waals surface area (Å²) in [6.07, 6.45) is 0.581. The number of nitrogens with one attached hydrogen (secondary N) is 1. The van der Waals surface area contributed by atoms with E-state index < -0.39 is 10.0 Å². The molecule has 0 aliphatic carbocycles. The number of hydrogen-bond acceptors (Lipinski definition) is 5. The average Bonchev–Trinajstić information content (AvgIpc) is 2.87. The lowest BCUT2D eigenvalue weighted by atomic mass is 10.1. The molecule has 0 fully saturated rings. The van der Waals surface area contributed by atoms with E-state index in [2.05, 4.69) is 5.32 Å². The van der Waals surface area contributed by atoms with Crippen LogP contribution in [0.4, 0.5) is 0 Å². The van der Waals surface area contributed by atoms with Gasteiger partial charge in [-0.1, -0.05) is 54.6 Å². The standard InChI is InChI=1S/C27H30N2O5S/c1-21(30)22-14-16-26(17-15-22)35(32,33)29(2)18-8-13-27(31)28-19-23-9-6-7-10-24(23)20-34-25-11-4-3-5-12-25/h3-7,9-12,14-17H,8,13,18-20H2,1-2H3,(H,28,31). The van der Waals surface area contributed by atoms with Crippen molar-refractivity contribution in [1.29, 1.82) is 0 Å². The first-order valence-electron chi connectivity index (χ1n) is 11.4. The molecule has 0 aliphatic heterocycles. The van der Waals surface area contributed by atoms with Crippen molar-refractivity contribution in [3.63, 3.8) is 0 Å². The third kappa shape index (κ3) is 7.50. The molecule has 1 amide bonds. The first kappa shape index (κ1) is 26.1. The predicted molar refractivity (Wildman–Crippen MR) is 135 cm³/mol. The minimum absolute atomic E-state index is 0.115. The Kier molecular flexibility index (Phi) is 9.17. The molecule has 0 bridgehead atoms. The third-order valence-electron chi connectivity index (χ3n) is 5.58. The Morgan fingerprint density at radius 2 is 1.51 bits per heavy atom. The highest BCUT2D eigenvalue weighted by Crippen LogP contribution is 2.17. The number of carbonyl (C=O) groups is 2. The van der Waals surface area contributed by atoms with Gasteiger partial charge >= 0.3 is 0 Å². The van der Waals surface area contributed by atoms with Crippen LogP contribution in [0.2, 0.25) is 0 Å². The third-order valence-corrected chi connectivity index (χ3v) is 7.45. The van der Waals surface area contributed by atoms with Crippen LogP contribution in [0.25, 0.3) is 0 Å². The molecular weight excluding hydrogens is 464 g/mol. The first-order chi connectivity index (χ1) is 16.8. The van der Waals surface area contributed by atoms with E-state index in [-0.39, 0.29) is 29.6 Å². The van der Waals surface area contributed by atoms with E-state index in [1.54, 1.807) is 0 Å². The normalized spacial score (nSPS) is 11.3. The number of hydrogen-bond donors (Lipinski definition) is 1. The monoisotopic (exact) mass is 494 g/mol. The summed E-state index contributed by atoms with van der Waals surface area (Å²) in [4.78, 5) is 23.9. The van der Waals surface area contributed by atoms with Crippen LogP contribution in [0.15, 0.2) is 83.8 Å². The molecule has 0 saturated carbocycles. The van der Waals surface area contributed by atoms with E-state index in [1.807, 2.05) is 54.6 Å². The average molecular weight is 495 g/mol. The van der Waals surface area contributed by atoms with Crippen molar-refractivity contribution in [2.75, 3.05) is 13.6 Å². The number of ether oxygens (including phenoxy) is 1. The fraction of sp³-hybridized carbons (Fsp3) is 0.259. The lowest BCUT2D eigenvalue weighted by molar-refractivity contribution is -0.121. The van der Waals surface area contributed by atoms with E-state index in [4.69, 9.17) is 4.74 Å². The van der Waals surface area contributed by atoms with E-state index in [9.17, 15) is 18.0 Å². The number of benzene rings is 3. The van der Waals surface area contributed by atoms with Crippen LogP contribution in [0.3, 0.4) is 0 Å². The summed E-state index contributed by atoms with van der Waals surface area (Å²) < 4.78 is 32.5. The molecule has 3 aromatic carbocycles. The summed E-state index contributed by atoms with van der Waals surface area (Å²) in [6, 6.07) is 23.1. The van der Waals surface area contributed by atoms with Crippen molar-refractivity contribution in [2.24, 2.45) is 0 Å². The van der Waals surface area contributed by atoms with Gasteiger partial charge in [0.15, 0.2) is 5.78 Å². The Labute approximate surface area is 206 Å². The minimum Gasteiger partial charge on any atom is -0.489 e. The fourth-order valence-corrected chi connectivity index (χ4v) is 4.66. The molecule has 0 heterocycles. The topological polar surface area (TPSA) is 92.8 Å². The maximum Gasteiger partial charge on any atom is 0.242 e. The second-order valence-electron chi connectivity index (χ2n) is 8.16. The quantitative estimate of drug-likeness (QED) is 0.381. The van der Waals surface area contributed by atoms with Gasteiger partial charge in [0.1, 0.15) is 12.4 Å². The largest absolute Gasteiger partial charge is 0.489 e. The lowest BCUT2D eigenvalue weighted by Gasteiger charge is -2.17. The Morgan fingerprint density at radius 1 is 0.886 bits per heavy atom. The van der Waals surface area contributed by atoms with Gasteiger partial charge in [-0.05, 0) is 48.7 Å². The van der Waals surface area contributed by atoms with Crippen LogP contribution < -0.4 is 10.1 Å². The van der Waals surface area contributed by atoms with E-state index >= 15 is 0 Å².